The molecular weight excluding hydrogens is 360 g/mol. The Morgan fingerprint density at radius 1 is 1.30 bits per heavy atom. The largest absolute Gasteiger partial charge is 0.486 e. The molecule has 27 heavy (non-hydrogen) atoms. The molecule has 0 saturated heterocycles. The van der Waals surface area contributed by atoms with Crippen LogP contribution in [0.2, 0.25) is 0 Å². The van der Waals surface area contributed by atoms with E-state index in [-0.39, 0.29) is 5.91 Å². The van der Waals surface area contributed by atoms with E-state index in [1.807, 2.05) is 53.6 Å². The van der Waals surface area contributed by atoms with E-state index < -0.39 is 0 Å². The summed E-state index contributed by atoms with van der Waals surface area (Å²) in [4.78, 5) is 19.2. The number of benzene rings is 1. The highest BCUT2D eigenvalue weighted by Gasteiger charge is 2.33. The third kappa shape index (κ3) is 4.77. The van der Waals surface area contributed by atoms with Crippen molar-refractivity contribution in [1.82, 2.24) is 9.88 Å². The number of furan rings is 1. The lowest BCUT2D eigenvalue weighted by molar-refractivity contribution is -0.132. The summed E-state index contributed by atoms with van der Waals surface area (Å²) >= 11 is 1.53. The fourth-order valence-corrected chi connectivity index (χ4v) is 3.62. The van der Waals surface area contributed by atoms with Crippen LogP contribution >= 0.6 is 11.3 Å². The molecule has 0 aliphatic heterocycles. The van der Waals surface area contributed by atoms with Crippen molar-refractivity contribution >= 4 is 17.2 Å². The molecule has 6 heteroatoms. The lowest BCUT2D eigenvalue weighted by Gasteiger charge is -2.20. The molecule has 1 aromatic carbocycles. The Morgan fingerprint density at radius 2 is 2.11 bits per heavy atom. The van der Waals surface area contributed by atoms with Gasteiger partial charge in [-0.3, -0.25) is 4.79 Å². The summed E-state index contributed by atoms with van der Waals surface area (Å²) in [6.07, 6.45) is 4.10. The molecule has 5 nitrogen and oxygen atoms in total. The highest BCUT2D eigenvalue weighted by Crippen LogP contribution is 2.29. The van der Waals surface area contributed by atoms with Gasteiger partial charge in [-0.05, 0) is 44.0 Å². The number of amides is 1. The van der Waals surface area contributed by atoms with Crippen molar-refractivity contribution in [2.24, 2.45) is 0 Å². The van der Waals surface area contributed by atoms with Gasteiger partial charge in [-0.1, -0.05) is 17.7 Å². The Kier molecular flexibility index (Phi) is 5.25. The van der Waals surface area contributed by atoms with Gasteiger partial charge < -0.3 is 14.1 Å². The van der Waals surface area contributed by atoms with Gasteiger partial charge in [-0.2, -0.15) is 0 Å². The summed E-state index contributed by atoms with van der Waals surface area (Å²) in [5.74, 6) is 1.75. The summed E-state index contributed by atoms with van der Waals surface area (Å²) in [5.41, 5.74) is 2.00. The SMILES string of the molecule is Cc1ccc(OCc2nc(CC(=O)N(Cc3ccco3)C3CC3)cs2)cc1. The molecular formula is C21H22N2O3S. The molecule has 1 aliphatic rings. The predicted molar refractivity (Wildman–Crippen MR) is 104 cm³/mol. The van der Waals surface area contributed by atoms with Crippen LogP contribution in [-0.4, -0.2) is 21.8 Å². The molecule has 0 spiro atoms. The molecule has 0 atom stereocenters. The Labute approximate surface area is 162 Å². The zero-order valence-electron chi connectivity index (χ0n) is 15.3. The molecule has 2 heterocycles. The monoisotopic (exact) mass is 382 g/mol. The molecule has 0 N–H and O–H groups in total. The summed E-state index contributed by atoms with van der Waals surface area (Å²) in [6.45, 7) is 3.00. The van der Waals surface area contributed by atoms with Crippen molar-refractivity contribution < 1.29 is 13.9 Å². The highest BCUT2D eigenvalue weighted by atomic mass is 32.1. The summed E-state index contributed by atoms with van der Waals surface area (Å²) < 4.78 is 11.2. The van der Waals surface area contributed by atoms with Gasteiger partial charge in [0.1, 0.15) is 23.1 Å². The van der Waals surface area contributed by atoms with Crippen LogP contribution in [0.3, 0.4) is 0 Å². The van der Waals surface area contributed by atoms with Crippen LogP contribution in [0.15, 0.2) is 52.5 Å². The number of carbonyl (C=O) groups excluding carboxylic acids is 1. The quantitative estimate of drug-likeness (QED) is 0.581. The molecule has 4 rings (SSSR count). The van der Waals surface area contributed by atoms with Crippen LogP contribution < -0.4 is 4.74 Å². The van der Waals surface area contributed by atoms with Gasteiger partial charge in [0, 0.05) is 11.4 Å². The maximum Gasteiger partial charge on any atom is 0.229 e. The second-order valence-electron chi connectivity index (χ2n) is 6.84. The van der Waals surface area contributed by atoms with E-state index in [9.17, 15) is 4.79 Å². The lowest BCUT2D eigenvalue weighted by Crippen LogP contribution is -2.33. The van der Waals surface area contributed by atoms with Crippen molar-refractivity contribution in [3.05, 3.63) is 70.1 Å². The van der Waals surface area contributed by atoms with Crippen molar-refractivity contribution in [3.63, 3.8) is 0 Å². The number of hydrogen-bond acceptors (Lipinski definition) is 5. The van der Waals surface area contributed by atoms with Crippen LogP contribution in [0.4, 0.5) is 0 Å². The normalized spacial score (nSPS) is 13.5. The maximum atomic E-state index is 12.8. The van der Waals surface area contributed by atoms with Crippen LogP contribution in [0.1, 0.15) is 34.9 Å². The summed E-state index contributed by atoms with van der Waals surface area (Å²) in [5, 5.41) is 2.83. The topological polar surface area (TPSA) is 55.6 Å². The first-order valence-corrected chi connectivity index (χ1v) is 10.00. The number of rotatable bonds is 8. The van der Waals surface area contributed by atoms with Gasteiger partial charge in [0.2, 0.25) is 5.91 Å². The summed E-state index contributed by atoms with van der Waals surface area (Å²) in [7, 11) is 0. The van der Waals surface area contributed by atoms with Gasteiger partial charge in [0.15, 0.2) is 0 Å². The molecule has 3 aromatic rings. The molecule has 1 aliphatic carbocycles. The fourth-order valence-electron chi connectivity index (χ4n) is 2.91. The van der Waals surface area contributed by atoms with Gasteiger partial charge in [0.25, 0.3) is 0 Å². The smallest absolute Gasteiger partial charge is 0.229 e. The van der Waals surface area contributed by atoms with Gasteiger partial charge in [-0.15, -0.1) is 11.3 Å². The molecule has 2 aromatic heterocycles. The van der Waals surface area contributed by atoms with Crippen molar-refractivity contribution in [2.75, 3.05) is 0 Å². The van der Waals surface area contributed by atoms with Gasteiger partial charge >= 0.3 is 0 Å². The average Bonchev–Trinajstić information content (AvgIpc) is 3.18. The minimum absolute atomic E-state index is 0.102. The molecule has 0 bridgehead atoms. The Hall–Kier alpha value is -2.60. The Balaban J connectivity index is 1.33. The van der Waals surface area contributed by atoms with E-state index in [0.29, 0.717) is 25.6 Å². The number of thiazole rings is 1. The average molecular weight is 382 g/mol. The summed E-state index contributed by atoms with van der Waals surface area (Å²) in [6, 6.07) is 12.0. The molecule has 140 valence electrons. The molecule has 1 amide bonds. The third-order valence-electron chi connectivity index (χ3n) is 4.53. The zero-order chi connectivity index (χ0) is 18.6. The number of aryl methyl sites for hydroxylation is 1. The van der Waals surface area contributed by atoms with Crippen LogP contribution in [-0.2, 0) is 24.4 Å². The van der Waals surface area contributed by atoms with E-state index in [1.54, 1.807) is 6.26 Å². The molecule has 1 saturated carbocycles. The second-order valence-corrected chi connectivity index (χ2v) is 7.79. The zero-order valence-corrected chi connectivity index (χ0v) is 16.1. The van der Waals surface area contributed by atoms with Gasteiger partial charge in [0.05, 0.1) is 24.9 Å². The first-order valence-electron chi connectivity index (χ1n) is 9.12. The van der Waals surface area contributed by atoms with Crippen molar-refractivity contribution in [1.29, 1.82) is 0 Å². The number of nitrogens with zero attached hydrogens (tertiary/aromatic N) is 2. The fraction of sp³-hybridized carbons (Fsp3) is 0.333. The molecule has 0 radical (unpaired) electrons. The first-order chi connectivity index (χ1) is 13.2. The van der Waals surface area contributed by atoms with Crippen molar-refractivity contribution in [3.8, 4) is 5.75 Å². The maximum absolute atomic E-state index is 12.8. The van der Waals surface area contributed by atoms with E-state index in [0.717, 1.165) is 35.1 Å². The minimum Gasteiger partial charge on any atom is -0.486 e. The molecule has 0 unspecified atom stereocenters. The number of carbonyl (C=O) groups is 1. The predicted octanol–water partition coefficient (Wildman–Crippen LogP) is 4.36. The number of hydrogen-bond donors (Lipinski definition) is 0. The Bertz CT molecular complexity index is 883. The van der Waals surface area contributed by atoms with E-state index >= 15 is 0 Å². The van der Waals surface area contributed by atoms with Crippen LogP contribution in [0.25, 0.3) is 0 Å². The second kappa shape index (κ2) is 7.96. The highest BCUT2D eigenvalue weighted by molar-refractivity contribution is 7.09. The van der Waals surface area contributed by atoms with Crippen molar-refractivity contribution in [2.45, 2.75) is 45.4 Å². The number of aromatic nitrogens is 1. The standard InChI is InChI=1S/C21H22N2O3S/c1-15-4-8-18(9-5-15)26-13-20-22-16(14-27-20)11-21(24)23(17-6-7-17)12-19-3-2-10-25-19/h2-5,8-10,14,17H,6-7,11-13H2,1H3. The van der Waals surface area contributed by atoms with E-state index in [1.165, 1.54) is 16.9 Å². The lowest BCUT2D eigenvalue weighted by atomic mass is 10.2. The van der Waals surface area contributed by atoms with Gasteiger partial charge in [-0.25, -0.2) is 4.98 Å². The molecule has 1 fully saturated rings. The third-order valence-corrected chi connectivity index (χ3v) is 5.40. The van der Waals surface area contributed by atoms with E-state index in [4.69, 9.17) is 9.15 Å². The van der Waals surface area contributed by atoms with E-state index in [2.05, 4.69) is 4.98 Å². The number of ether oxygens (including phenoxy) is 1. The Morgan fingerprint density at radius 3 is 2.81 bits per heavy atom. The van der Waals surface area contributed by atoms with Crippen LogP contribution in [0.5, 0.6) is 5.75 Å². The van der Waals surface area contributed by atoms with Crippen LogP contribution in [0, 0.1) is 6.92 Å². The first kappa shape index (κ1) is 17.8. The minimum atomic E-state index is 0.102.